The topological polar surface area (TPSA) is 143 Å². The number of fused-ring (bicyclic) bond motifs is 1. The number of pyridine rings is 1. The van der Waals surface area contributed by atoms with Crippen molar-refractivity contribution in [2.75, 3.05) is 56.9 Å². The van der Waals surface area contributed by atoms with Gasteiger partial charge in [-0.25, -0.2) is 15.0 Å². The highest BCUT2D eigenvalue weighted by molar-refractivity contribution is 6.02. The van der Waals surface area contributed by atoms with E-state index in [2.05, 4.69) is 37.1 Å². The summed E-state index contributed by atoms with van der Waals surface area (Å²) in [5.74, 6) is -0.103. The molecule has 0 saturated heterocycles. The Labute approximate surface area is 226 Å². The average molecular weight is 530 g/mol. The van der Waals surface area contributed by atoms with E-state index in [0.29, 0.717) is 34.0 Å². The molecule has 0 aliphatic carbocycles. The van der Waals surface area contributed by atoms with Gasteiger partial charge in [0.1, 0.15) is 11.4 Å². The van der Waals surface area contributed by atoms with Gasteiger partial charge in [0.15, 0.2) is 0 Å². The van der Waals surface area contributed by atoms with Crippen molar-refractivity contribution in [2.45, 2.75) is 0 Å². The van der Waals surface area contributed by atoms with Crippen molar-refractivity contribution >= 4 is 40.3 Å². The first-order chi connectivity index (χ1) is 18.7. The number of primary amides is 1. The Bertz CT molecular complexity index is 1530. The summed E-state index contributed by atoms with van der Waals surface area (Å²) in [7, 11) is 7.50. The molecule has 0 fully saturated rings. The Morgan fingerprint density at radius 2 is 1.92 bits per heavy atom. The minimum Gasteiger partial charge on any atom is -0.494 e. The first-order valence-corrected chi connectivity index (χ1v) is 12.1. The van der Waals surface area contributed by atoms with Crippen molar-refractivity contribution in [1.29, 1.82) is 0 Å². The summed E-state index contributed by atoms with van der Waals surface area (Å²) in [6, 6.07) is 10.7. The molecule has 0 saturated carbocycles. The zero-order valence-corrected chi connectivity index (χ0v) is 22.3. The van der Waals surface area contributed by atoms with Crippen molar-refractivity contribution in [3.05, 3.63) is 67.3 Å². The molecule has 4 rings (SSSR count). The van der Waals surface area contributed by atoms with Gasteiger partial charge in [0, 0.05) is 38.6 Å². The van der Waals surface area contributed by atoms with E-state index in [1.165, 1.54) is 6.08 Å². The zero-order chi connectivity index (χ0) is 28.1. The number of nitrogens with two attached hydrogens (primary N) is 1. The maximum atomic E-state index is 12.2. The number of imidazole rings is 1. The van der Waals surface area contributed by atoms with E-state index in [9.17, 15) is 9.59 Å². The lowest BCUT2D eigenvalue weighted by molar-refractivity contribution is -0.111. The van der Waals surface area contributed by atoms with Gasteiger partial charge in [-0.3, -0.25) is 14.0 Å². The van der Waals surface area contributed by atoms with Gasteiger partial charge in [-0.05, 0) is 44.4 Å². The fourth-order valence-corrected chi connectivity index (χ4v) is 3.98. The molecule has 12 heteroatoms. The number of likely N-dealkylation sites (N-methyl/N-ethyl adjacent to an activating group) is 2. The number of hydrogen-bond acceptors (Lipinski definition) is 9. The second kappa shape index (κ2) is 11.6. The van der Waals surface area contributed by atoms with Gasteiger partial charge in [-0.15, -0.1) is 0 Å². The summed E-state index contributed by atoms with van der Waals surface area (Å²) in [6.07, 6.45) is 4.51. The highest BCUT2D eigenvalue weighted by atomic mass is 16.5. The van der Waals surface area contributed by atoms with Crippen LogP contribution in [0.5, 0.6) is 5.75 Å². The lowest BCUT2D eigenvalue weighted by Gasteiger charge is -2.26. The maximum Gasteiger partial charge on any atom is 0.285 e. The van der Waals surface area contributed by atoms with Crippen LogP contribution in [0.3, 0.4) is 0 Å². The molecular weight excluding hydrogens is 498 g/mol. The van der Waals surface area contributed by atoms with Crippen LogP contribution in [0.25, 0.3) is 16.9 Å². The predicted molar refractivity (Wildman–Crippen MR) is 152 cm³/mol. The SMILES string of the molecule is C=CC(=O)Nc1cc(Nc2nccc(-c3nc(C(N)=O)n4ccccc34)n2)c(OC)cc1N(C)CCN(C)C. The van der Waals surface area contributed by atoms with Crippen LogP contribution in [0.15, 0.2) is 61.4 Å². The van der Waals surface area contributed by atoms with Crippen LogP contribution < -0.4 is 26.0 Å². The number of ether oxygens (including phenoxy) is 1. The number of hydrogen-bond donors (Lipinski definition) is 3. The van der Waals surface area contributed by atoms with Gasteiger partial charge < -0.3 is 30.9 Å². The van der Waals surface area contributed by atoms with Gasteiger partial charge in [0.25, 0.3) is 5.91 Å². The molecular formula is C27H31N9O3. The molecule has 0 unspecified atom stereocenters. The summed E-state index contributed by atoms with van der Waals surface area (Å²) < 4.78 is 7.29. The monoisotopic (exact) mass is 529 g/mol. The fraction of sp³-hybridized carbons (Fsp3) is 0.222. The molecule has 0 aliphatic heterocycles. The Hall–Kier alpha value is -4.97. The third-order valence-corrected chi connectivity index (χ3v) is 5.97. The van der Waals surface area contributed by atoms with E-state index in [-0.39, 0.29) is 17.7 Å². The minimum atomic E-state index is -0.649. The Morgan fingerprint density at radius 1 is 1.13 bits per heavy atom. The zero-order valence-electron chi connectivity index (χ0n) is 22.3. The second-order valence-electron chi connectivity index (χ2n) is 8.98. The standard InChI is InChI=1S/C27H31N9O3/c1-6-23(37)30-18-15-19(22(39-5)16-21(18)35(4)14-13-34(2)3)32-27-29-11-10-17(31-27)24-20-9-7-8-12-36(20)26(33-24)25(28)38/h6-12,15-16H,1,13-14H2,2-5H3,(H2,28,38)(H,30,37)(H,29,31,32). The van der Waals surface area contributed by atoms with Gasteiger partial charge in [0.05, 0.1) is 35.4 Å². The predicted octanol–water partition coefficient (Wildman–Crippen LogP) is 2.76. The van der Waals surface area contributed by atoms with E-state index in [0.717, 1.165) is 18.8 Å². The van der Waals surface area contributed by atoms with Gasteiger partial charge in [0.2, 0.25) is 17.7 Å². The summed E-state index contributed by atoms with van der Waals surface area (Å²) in [6.45, 7) is 5.09. The molecule has 3 heterocycles. The number of anilines is 4. The lowest BCUT2D eigenvalue weighted by atomic mass is 10.2. The highest BCUT2D eigenvalue weighted by Gasteiger charge is 2.19. The van der Waals surface area contributed by atoms with Gasteiger partial charge in [-0.2, -0.15) is 0 Å². The number of aromatic nitrogens is 4. The molecule has 12 nitrogen and oxygen atoms in total. The largest absolute Gasteiger partial charge is 0.494 e. The lowest BCUT2D eigenvalue weighted by Crippen LogP contribution is -2.29. The second-order valence-corrected chi connectivity index (χ2v) is 8.98. The number of amides is 2. The van der Waals surface area contributed by atoms with Crippen LogP contribution in [0.1, 0.15) is 10.6 Å². The number of carbonyl (C=O) groups excluding carboxylic acids is 2. The maximum absolute atomic E-state index is 12.2. The molecule has 0 radical (unpaired) electrons. The summed E-state index contributed by atoms with van der Waals surface area (Å²) in [5.41, 5.74) is 9.05. The molecule has 0 atom stereocenters. The number of nitrogens with zero attached hydrogens (tertiary/aromatic N) is 6. The quantitative estimate of drug-likeness (QED) is 0.250. The van der Waals surface area contributed by atoms with Crippen LogP contribution in [0, 0.1) is 0 Å². The van der Waals surface area contributed by atoms with E-state index in [4.69, 9.17) is 10.5 Å². The number of benzene rings is 1. The molecule has 0 spiro atoms. The number of rotatable bonds is 11. The van der Waals surface area contributed by atoms with E-state index >= 15 is 0 Å². The van der Waals surface area contributed by atoms with Crippen molar-refractivity contribution in [3.63, 3.8) is 0 Å². The molecule has 39 heavy (non-hydrogen) atoms. The first kappa shape index (κ1) is 27.1. The van der Waals surface area contributed by atoms with Crippen LogP contribution in [-0.4, -0.2) is 77.4 Å². The number of carbonyl (C=O) groups is 2. The Morgan fingerprint density at radius 3 is 2.62 bits per heavy atom. The van der Waals surface area contributed by atoms with Gasteiger partial charge in [-0.1, -0.05) is 12.6 Å². The molecule has 202 valence electrons. The normalized spacial score (nSPS) is 10.9. The molecule has 0 aliphatic rings. The smallest absolute Gasteiger partial charge is 0.285 e. The van der Waals surface area contributed by atoms with Crippen molar-refractivity contribution in [2.24, 2.45) is 5.73 Å². The molecule has 4 aromatic rings. The summed E-state index contributed by atoms with van der Waals surface area (Å²) in [4.78, 5) is 41.7. The summed E-state index contributed by atoms with van der Waals surface area (Å²) in [5, 5.41) is 6.05. The fourth-order valence-electron chi connectivity index (χ4n) is 3.98. The summed E-state index contributed by atoms with van der Waals surface area (Å²) >= 11 is 0. The number of nitrogens with one attached hydrogen (secondary N) is 2. The Balaban J connectivity index is 1.73. The first-order valence-electron chi connectivity index (χ1n) is 12.1. The highest BCUT2D eigenvalue weighted by Crippen LogP contribution is 2.38. The molecule has 3 aromatic heterocycles. The van der Waals surface area contributed by atoms with Crippen LogP contribution in [0.2, 0.25) is 0 Å². The molecule has 2 amide bonds. The van der Waals surface area contributed by atoms with Gasteiger partial charge >= 0.3 is 0 Å². The molecule has 1 aromatic carbocycles. The molecule has 4 N–H and O–H groups in total. The molecule has 0 bridgehead atoms. The third kappa shape index (κ3) is 5.96. The van der Waals surface area contributed by atoms with Crippen LogP contribution in [0.4, 0.5) is 23.0 Å². The van der Waals surface area contributed by atoms with Crippen molar-refractivity contribution in [1.82, 2.24) is 24.3 Å². The van der Waals surface area contributed by atoms with Crippen molar-refractivity contribution in [3.8, 4) is 17.1 Å². The van der Waals surface area contributed by atoms with Crippen LogP contribution >= 0.6 is 0 Å². The van der Waals surface area contributed by atoms with E-state index in [1.807, 2.05) is 44.2 Å². The Kier molecular flexibility index (Phi) is 8.06. The van der Waals surface area contributed by atoms with E-state index in [1.54, 1.807) is 42.1 Å². The average Bonchev–Trinajstić information content (AvgIpc) is 3.32. The number of methoxy groups -OCH3 is 1. The van der Waals surface area contributed by atoms with Crippen molar-refractivity contribution < 1.29 is 14.3 Å². The minimum absolute atomic E-state index is 0.104. The third-order valence-electron chi connectivity index (χ3n) is 5.97. The van der Waals surface area contributed by atoms with Crippen LogP contribution in [-0.2, 0) is 4.79 Å². The van der Waals surface area contributed by atoms with E-state index < -0.39 is 5.91 Å².